The van der Waals surface area contributed by atoms with Crippen LogP contribution in [0.4, 0.5) is 0 Å². The zero-order chi connectivity index (χ0) is 12.8. The third-order valence-electron chi connectivity index (χ3n) is 3.27. The number of hydrogen-bond donors (Lipinski definition) is 2. The molecule has 1 aliphatic carbocycles. The lowest BCUT2D eigenvalue weighted by molar-refractivity contribution is 0.203. The van der Waals surface area contributed by atoms with Crippen LogP contribution in [0.3, 0.4) is 0 Å². The highest BCUT2D eigenvalue weighted by Gasteiger charge is 2.18. The standard InChI is InChI=1S/C14H20N2OS/c1-17-9-8-15-14(18)16-13-7-6-11-4-2-3-5-12(11)10-13/h2-5,13H,6-10H2,1H3,(H2,15,16,18). The molecule has 0 aromatic heterocycles. The van der Waals surface area contributed by atoms with E-state index in [1.807, 2.05) is 0 Å². The Morgan fingerprint density at radius 3 is 2.94 bits per heavy atom. The predicted molar refractivity (Wildman–Crippen MR) is 77.9 cm³/mol. The molecule has 0 aliphatic heterocycles. The summed E-state index contributed by atoms with van der Waals surface area (Å²) in [4.78, 5) is 0. The molecule has 2 N–H and O–H groups in total. The highest BCUT2D eigenvalue weighted by molar-refractivity contribution is 7.80. The SMILES string of the molecule is COCCNC(=S)NC1CCc2ccccc2C1. The Bertz CT molecular complexity index is 409. The quantitative estimate of drug-likeness (QED) is 0.640. The van der Waals surface area contributed by atoms with Crippen LogP contribution in [0, 0.1) is 0 Å². The molecule has 0 amide bonds. The molecule has 0 bridgehead atoms. The van der Waals surface area contributed by atoms with Crippen molar-refractivity contribution in [3.63, 3.8) is 0 Å². The van der Waals surface area contributed by atoms with Crippen molar-refractivity contribution in [3.8, 4) is 0 Å². The number of nitrogens with one attached hydrogen (secondary N) is 2. The fourth-order valence-corrected chi connectivity index (χ4v) is 2.59. The molecule has 98 valence electrons. The first-order valence-electron chi connectivity index (χ1n) is 6.39. The van der Waals surface area contributed by atoms with Gasteiger partial charge >= 0.3 is 0 Å². The lowest BCUT2D eigenvalue weighted by Crippen LogP contribution is -2.45. The van der Waals surface area contributed by atoms with Gasteiger partial charge in [0.25, 0.3) is 0 Å². The maximum absolute atomic E-state index is 5.27. The van der Waals surface area contributed by atoms with Gasteiger partial charge in [0.15, 0.2) is 5.11 Å². The number of thiocarbonyl (C=S) groups is 1. The van der Waals surface area contributed by atoms with Crippen molar-refractivity contribution in [1.29, 1.82) is 0 Å². The van der Waals surface area contributed by atoms with Gasteiger partial charge in [-0.1, -0.05) is 24.3 Å². The van der Waals surface area contributed by atoms with Gasteiger partial charge in [-0.15, -0.1) is 0 Å². The molecule has 1 aromatic rings. The van der Waals surface area contributed by atoms with Gasteiger partial charge < -0.3 is 15.4 Å². The topological polar surface area (TPSA) is 33.3 Å². The lowest BCUT2D eigenvalue weighted by atomic mass is 9.88. The summed E-state index contributed by atoms with van der Waals surface area (Å²) in [7, 11) is 1.69. The Balaban J connectivity index is 1.80. The van der Waals surface area contributed by atoms with Crippen LogP contribution >= 0.6 is 12.2 Å². The molecule has 1 atom stereocenters. The van der Waals surface area contributed by atoms with Crippen LogP contribution in [0.15, 0.2) is 24.3 Å². The summed E-state index contributed by atoms with van der Waals surface area (Å²) in [5.41, 5.74) is 2.93. The Morgan fingerprint density at radius 1 is 1.39 bits per heavy atom. The van der Waals surface area contributed by atoms with Crippen molar-refractivity contribution in [2.45, 2.75) is 25.3 Å². The van der Waals surface area contributed by atoms with Crippen LogP contribution in [0.5, 0.6) is 0 Å². The summed E-state index contributed by atoms with van der Waals surface area (Å²) >= 11 is 5.27. The number of benzene rings is 1. The molecule has 0 saturated heterocycles. The fraction of sp³-hybridized carbons (Fsp3) is 0.500. The molecule has 1 unspecified atom stereocenters. The number of fused-ring (bicyclic) bond motifs is 1. The van der Waals surface area contributed by atoms with Crippen LogP contribution in [0.1, 0.15) is 17.5 Å². The maximum atomic E-state index is 5.27. The molecule has 0 radical (unpaired) electrons. The van der Waals surface area contributed by atoms with Gasteiger partial charge in [0.2, 0.25) is 0 Å². The zero-order valence-electron chi connectivity index (χ0n) is 10.7. The number of hydrogen-bond acceptors (Lipinski definition) is 2. The van der Waals surface area contributed by atoms with Crippen LogP contribution in [-0.2, 0) is 17.6 Å². The molecular weight excluding hydrogens is 244 g/mol. The Morgan fingerprint density at radius 2 is 2.17 bits per heavy atom. The van der Waals surface area contributed by atoms with Crippen LogP contribution in [-0.4, -0.2) is 31.4 Å². The van der Waals surface area contributed by atoms with Crippen molar-refractivity contribution in [2.75, 3.05) is 20.3 Å². The molecule has 4 heteroatoms. The van der Waals surface area contributed by atoms with Gasteiger partial charge in [0.05, 0.1) is 6.61 Å². The molecule has 18 heavy (non-hydrogen) atoms. The Kier molecular flexibility index (Phi) is 4.96. The molecule has 0 spiro atoms. The van der Waals surface area contributed by atoms with E-state index < -0.39 is 0 Å². The van der Waals surface area contributed by atoms with Gasteiger partial charge in [-0.3, -0.25) is 0 Å². The molecule has 2 rings (SSSR count). The van der Waals surface area contributed by atoms with Gasteiger partial charge in [-0.05, 0) is 42.6 Å². The number of aryl methyl sites for hydroxylation is 1. The first-order valence-corrected chi connectivity index (χ1v) is 6.80. The van der Waals surface area contributed by atoms with Crippen molar-refractivity contribution >= 4 is 17.3 Å². The Labute approximate surface area is 114 Å². The molecule has 1 aromatic carbocycles. The summed E-state index contributed by atoms with van der Waals surface area (Å²) in [6.45, 7) is 1.43. The molecule has 3 nitrogen and oxygen atoms in total. The minimum absolute atomic E-state index is 0.447. The third kappa shape index (κ3) is 3.68. The average Bonchev–Trinajstić information content (AvgIpc) is 2.39. The Hall–Kier alpha value is -1.13. The van der Waals surface area contributed by atoms with Gasteiger partial charge in [-0.2, -0.15) is 0 Å². The first-order chi connectivity index (χ1) is 8.79. The largest absolute Gasteiger partial charge is 0.383 e. The van der Waals surface area contributed by atoms with E-state index in [1.165, 1.54) is 11.1 Å². The van der Waals surface area contributed by atoms with Crippen molar-refractivity contribution in [1.82, 2.24) is 10.6 Å². The molecule has 1 aliphatic rings. The predicted octanol–water partition coefficient (Wildman–Crippen LogP) is 1.65. The second-order valence-electron chi connectivity index (χ2n) is 4.60. The number of ether oxygens (including phenoxy) is 1. The minimum atomic E-state index is 0.447. The number of methoxy groups -OCH3 is 1. The average molecular weight is 264 g/mol. The molecule has 0 saturated carbocycles. The molecule has 0 fully saturated rings. The summed E-state index contributed by atoms with van der Waals surface area (Å²) < 4.78 is 4.98. The van der Waals surface area contributed by atoms with E-state index in [4.69, 9.17) is 17.0 Å². The minimum Gasteiger partial charge on any atom is -0.383 e. The van der Waals surface area contributed by atoms with E-state index in [0.29, 0.717) is 12.6 Å². The maximum Gasteiger partial charge on any atom is 0.166 e. The first kappa shape index (κ1) is 13.3. The van der Waals surface area contributed by atoms with E-state index in [0.717, 1.165) is 30.9 Å². The molecule has 0 heterocycles. The summed E-state index contributed by atoms with van der Waals surface area (Å²) in [5.74, 6) is 0. The fourth-order valence-electron chi connectivity index (χ4n) is 2.32. The van der Waals surface area contributed by atoms with Gasteiger partial charge in [-0.25, -0.2) is 0 Å². The van der Waals surface area contributed by atoms with Crippen molar-refractivity contribution < 1.29 is 4.74 Å². The zero-order valence-corrected chi connectivity index (χ0v) is 11.6. The lowest BCUT2D eigenvalue weighted by Gasteiger charge is -2.26. The third-order valence-corrected chi connectivity index (χ3v) is 3.54. The van der Waals surface area contributed by atoms with Gasteiger partial charge in [0, 0.05) is 19.7 Å². The van der Waals surface area contributed by atoms with Crippen molar-refractivity contribution in [2.24, 2.45) is 0 Å². The summed E-state index contributed by atoms with van der Waals surface area (Å²) in [6.07, 6.45) is 3.33. The van der Waals surface area contributed by atoms with Crippen molar-refractivity contribution in [3.05, 3.63) is 35.4 Å². The van der Waals surface area contributed by atoms with E-state index in [9.17, 15) is 0 Å². The number of rotatable bonds is 4. The van der Waals surface area contributed by atoms with Crippen LogP contribution in [0.25, 0.3) is 0 Å². The van der Waals surface area contributed by atoms with E-state index in [-0.39, 0.29) is 0 Å². The molecular formula is C14H20N2OS. The highest BCUT2D eigenvalue weighted by atomic mass is 32.1. The highest BCUT2D eigenvalue weighted by Crippen LogP contribution is 2.20. The second-order valence-corrected chi connectivity index (χ2v) is 5.01. The van der Waals surface area contributed by atoms with E-state index >= 15 is 0 Å². The normalized spacial score (nSPS) is 17.9. The summed E-state index contributed by atoms with van der Waals surface area (Å²) in [5, 5.41) is 7.27. The summed E-state index contributed by atoms with van der Waals surface area (Å²) in [6, 6.07) is 9.10. The smallest absolute Gasteiger partial charge is 0.166 e. The van der Waals surface area contributed by atoms with E-state index in [2.05, 4.69) is 34.9 Å². The second kappa shape index (κ2) is 6.71. The van der Waals surface area contributed by atoms with Crippen LogP contribution in [0.2, 0.25) is 0 Å². The van der Waals surface area contributed by atoms with Crippen LogP contribution < -0.4 is 10.6 Å². The van der Waals surface area contributed by atoms with E-state index in [1.54, 1.807) is 7.11 Å². The van der Waals surface area contributed by atoms with Gasteiger partial charge in [0.1, 0.15) is 0 Å². The monoisotopic (exact) mass is 264 g/mol.